The largest absolute Gasteiger partial charge is 0.353 e. The fraction of sp³-hybridized carbons (Fsp3) is 0.938. The summed E-state index contributed by atoms with van der Waals surface area (Å²) in [6.45, 7) is 8.68. The lowest BCUT2D eigenvalue weighted by Crippen LogP contribution is -2.42. The number of nitrogens with two attached hydrogens (primary N) is 1. The molecule has 3 N–H and O–H groups in total. The van der Waals surface area contributed by atoms with Crippen LogP contribution >= 0.6 is 0 Å². The molecule has 1 rings (SSSR count). The van der Waals surface area contributed by atoms with Crippen molar-refractivity contribution in [2.75, 3.05) is 0 Å². The Balaban J connectivity index is 2.26. The summed E-state index contributed by atoms with van der Waals surface area (Å²) in [4.78, 5) is 12.1. The molecule has 0 bridgehead atoms. The standard InChI is InChI=1S/C16H32N2O/c1-11-8-9-15(10-13(11)3)18-16(19)12(2)6-5-7-14(4)17/h11-15H,5-10,17H2,1-4H3,(H,18,19). The van der Waals surface area contributed by atoms with E-state index in [-0.39, 0.29) is 17.9 Å². The second-order valence-electron chi connectivity index (χ2n) is 6.78. The van der Waals surface area contributed by atoms with Crippen molar-refractivity contribution in [1.29, 1.82) is 0 Å². The van der Waals surface area contributed by atoms with E-state index in [1.165, 1.54) is 6.42 Å². The predicted octanol–water partition coefficient (Wildman–Crippen LogP) is 3.08. The third-order valence-corrected chi connectivity index (χ3v) is 4.69. The van der Waals surface area contributed by atoms with E-state index in [1.807, 2.05) is 13.8 Å². The Morgan fingerprint density at radius 1 is 1.21 bits per heavy atom. The van der Waals surface area contributed by atoms with Crippen LogP contribution in [0.3, 0.4) is 0 Å². The number of nitrogens with one attached hydrogen (secondary N) is 1. The van der Waals surface area contributed by atoms with Crippen LogP contribution in [0.1, 0.15) is 66.2 Å². The first kappa shape index (κ1) is 16.5. The Morgan fingerprint density at radius 2 is 1.89 bits per heavy atom. The van der Waals surface area contributed by atoms with E-state index in [1.54, 1.807) is 0 Å². The van der Waals surface area contributed by atoms with Gasteiger partial charge in [-0.05, 0) is 50.9 Å². The van der Waals surface area contributed by atoms with Crippen molar-refractivity contribution in [3.63, 3.8) is 0 Å². The lowest BCUT2D eigenvalue weighted by atomic mass is 9.79. The van der Waals surface area contributed by atoms with Crippen molar-refractivity contribution in [3.8, 4) is 0 Å². The van der Waals surface area contributed by atoms with Gasteiger partial charge in [-0.3, -0.25) is 4.79 Å². The second-order valence-corrected chi connectivity index (χ2v) is 6.78. The number of hydrogen-bond acceptors (Lipinski definition) is 2. The van der Waals surface area contributed by atoms with E-state index >= 15 is 0 Å². The van der Waals surface area contributed by atoms with Gasteiger partial charge in [0.25, 0.3) is 0 Å². The molecule has 1 amide bonds. The molecule has 1 aliphatic carbocycles. The smallest absolute Gasteiger partial charge is 0.223 e. The van der Waals surface area contributed by atoms with Gasteiger partial charge < -0.3 is 11.1 Å². The molecule has 112 valence electrons. The topological polar surface area (TPSA) is 55.1 Å². The molecule has 0 aromatic carbocycles. The van der Waals surface area contributed by atoms with Crippen molar-refractivity contribution in [2.24, 2.45) is 23.5 Å². The molecule has 1 fully saturated rings. The lowest BCUT2D eigenvalue weighted by Gasteiger charge is -2.33. The number of carbonyl (C=O) groups excluding carboxylic acids is 1. The zero-order valence-corrected chi connectivity index (χ0v) is 13.1. The number of amides is 1. The monoisotopic (exact) mass is 268 g/mol. The highest BCUT2D eigenvalue weighted by Gasteiger charge is 2.26. The minimum absolute atomic E-state index is 0.119. The summed E-state index contributed by atoms with van der Waals surface area (Å²) in [5.74, 6) is 1.88. The minimum atomic E-state index is 0.119. The van der Waals surface area contributed by atoms with Gasteiger partial charge in [-0.25, -0.2) is 0 Å². The molecule has 19 heavy (non-hydrogen) atoms. The minimum Gasteiger partial charge on any atom is -0.353 e. The van der Waals surface area contributed by atoms with Crippen molar-refractivity contribution in [3.05, 3.63) is 0 Å². The summed E-state index contributed by atoms with van der Waals surface area (Å²) < 4.78 is 0. The number of hydrogen-bond donors (Lipinski definition) is 2. The third-order valence-electron chi connectivity index (χ3n) is 4.69. The van der Waals surface area contributed by atoms with Crippen molar-refractivity contribution in [1.82, 2.24) is 5.32 Å². The Morgan fingerprint density at radius 3 is 2.47 bits per heavy atom. The van der Waals surface area contributed by atoms with Crippen LogP contribution in [0, 0.1) is 17.8 Å². The van der Waals surface area contributed by atoms with Crippen LogP contribution in [0.15, 0.2) is 0 Å². The van der Waals surface area contributed by atoms with Crippen LogP contribution in [0.25, 0.3) is 0 Å². The van der Waals surface area contributed by atoms with Crippen LogP contribution in [-0.4, -0.2) is 18.0 Å². The van der Waals surface area contributed by atoms with Gasteiger partial charge in [-0.15, -0.1) is 0 Å². The average molecular weight is 268 g/mol. The Bertz CT molecular complexity index is 278. The maximum Gasteiger partial charge on any atom is 0.223 e. The number of rotatable bonds is 6. The lowest BCUT2D eigenvalue weighted by molar-refractivity contribution is -0.125. The maximum absolute atomic E-state index is 12.1. The van der Waals surface area contributed by atoms with Gasteiger partial charge in [0.15, 0.2) is 0 Å². The van der Waals surface area contributed by atoms with Crippen LogP contribution in [-0.2, 0) is 4.79 Å². The molecule has 1 saturated carbocycles. The molecule has 0 aliphatic heterocycles. The average Bonchev–Trinajstić information content (AvgIpc) is 2.33. The maximum atomic E-state index is 12.1. The highest BCUT2D eigenvalue weighted by molar-refractivity contribution is 5.78. The summed E-state index contributed by atoms with van der Waals surface area (Å²) in [7, 11) is 0. The Labute approximate surface area is 118 Å². The zero-order chi connectivity index (χ0) is 14.4. The summed E-state index contributed by atoms with van der Waals surface area (Å²) >= 11 is 0. The highest BCUT2D eigenvalue weighted by Crippen LogP contribution is 2.29. The zero-order valence-electron chi connectivity index (χ0n) is 13.1. The molecule has 3 heteroatoms. The molecule has 0 heterocycles. The molecular formula is C16H32N2O. The summed E-state index contributed by atoms with van der Waals surface area (Å²) in [5, 5.41) is 3.24. The van der Waals surface area contributed by atoms with Crippen LogP contribution in [0.4, 0.5) is 0 Å². The molecular weight excluding hydrogens is 236 g/mol. The van der Waals surface area contributed by atoms with Gasteiger partial charge >= 0.3 is 0 Å². The molecule has 1 aliphatic rings. The van der Waals surface area contributed by atoms with Gasteiger partial charge in [-0.1, -0.05) is 27.2 Å². The van der Waals surface area contributed by atoms with E-state index in [9.17, 15) is 4.79 Å². The summed E-state index contributed by atoms with van der Waals surface area (Å²) in [6, 6.07) is 0.644. The number of carbonyl (C=O) groups is 1. The van der Waals surface area contributed by atoms with Crippen LogP contribution < -0.4 is 11.1 Å². The molecule has 0 spiro atoms. The first-order valence-electron chi connectivity index (χ1n) is 7.96. The normalized spacial score (nSPS) is 30.7. The van der Waals surface area contributed by atoms with Gasteiger partial charge in [0.2, 0.25) is 5.91 Å². The van der Waals surface area contributed by atoms with E-state index < -0.39 is 0 Å². The quantitative estimate of drug-likeness (QED) is 0.778. The van der Waals surface area contributed by atoms with Crippen molar-refractivity contribution < 1.29 is 4.79 Å². The fourth-order valence-corrected chi connectivity index (χ4v) is 2.90. The molecule has 5 unspecified atom stereocenters. The SMILES string of the molecule is CC(N)CCCC(C)C(=O)NC1CCC(C)C(C)C1. The molecule has 0 aromatic rings. The third kappa shape index (κ3) is 5.94. The highest BCUT2D eigenvalue weighted by atomic mass is 16.1. The Kier molecular flexibility index (Phi) is 6.84. The van der Waals surface area contributed by atoms with Gasteiger partial charge in [-0.2, -0.15) is 0 Å². The van der Waals surface area contributed by atoms with Crippen LogP contribution in [0.5, 0.6) is 0 Å². The second kappa shape index (κ2) is 7.88. The molecule has 0 radical (unpaired) electrons. The molecule has 0 aromatic heterocycles. The first-order chi connectivity index (χ1) is 8.90. The summed E-state index contributed by atoms with van der Waals surface area (Å²) in [5.41, 5.74) is 5.73. The summed E-state index contributed by atoms with van der Waals surface area (Å²) in [6.07, 6.45) is 6.53. The van der Waals surface area contributed by atoms with Crippen molar-refractivity contribution >= 4 is 5.91 Å². The van der Waals surface area contributed by atoms with Crippen LogP contribution in [0.2, 0.25) is 0 Å². The van der Waals surface area contributed by atoms with E-state index in [4.69, 9.17) is 5.73 Å². The van der Waals surface area contributed by atoms with Gasteiger partial charge in [0, 0.05) is 18.0 Å². The molecule has 3 nitrogen and oxygen atoms in total. The molecule has 0 saturated heterocycles. The van der Waals surface area contributed by atoms with Gasteiger partial charge in [0.1, 0.15) is 0 Å². The first-order valence-corrected chi connectivity index (χ1v) is 7.96. The van der Waals surface area contributed by atoms with E-state index in [0.717, 1.165) is 43.9 Å². The fourth-order valence-electron chi connectivity index (χ4n) is 2.90. The van der Waals surface area contributed by atoms with Crippen molar-refractivity contribution in [2.45, 2.75) is 78.3 Å². The van der Waals surface area contributed by atoms with E-state index in [2.05, 4.69) is 19.2 Å². The molecule has 5 atom stereocenters. The van der Waals surface area contributed by atoms with Gasteiger partial charge in [0.05, 0.1) is 0 Å². The predicted molar refractivity (Wildman–Crippen MR) is 80.8 cm³/mol. The van der Waals surface area contributed by atoms with E-state index in [0.29, 0.717) is 6.04 Å². The Hall–Kier alpha value is -0.570.